The Bertz CT molecular complexity index is 1140. The summed E-state index contributed by atoms with van der Waals surface area (Å²) < 4.78 is 0.687. The molecule has 9 nitrogen and oxygen atoms in total. The van der Waals surface area contributed by atoms with E-state index in [1.165, 1.54) is 12.1 Å². The molecule has 0 bridgehead atoms. The van der Waals surface area contributed by atoms with Crippen molar-refractivity contribution in [1.82, 2.24) is 25.6 Å². The Balaban J connectivity index is 1.27. The lowest BCUT2D eigenvalue weighted by atomic mass is 9.96. The molecule has 2 aromatic heterocycles. The molecule has 2 amide bonds. The number of carbonyl (C=O) groups excluding carboxylic acids is 1. The number of piperazine rings is 1. The number of fused-ring (bicyclic) bond motifs is 1. The fourth-order valence-electron chi connectivity index (χ4n) is 4.47. The van der Waals surface area contributed by atoms with Crippen LogP contribution in [0.4, 0.5) is 27.9 Å². The Morgan fingerprint density at radius 1 is 1.06 bits per heavy atom. The van der Waals surface area contributed by atoms with E-state index in [0.29, 0.717) is 21.9 Å². The maximum atomic E-state index is 12.5. The summed E-state index contributed by atoms with van der Waals surface area (Å²) in [6, 6.07) is 10.1. The second-order valence-electron chi connectivity index (χ2n) is 8.77. The Morgan fingerprint density at radius 2 is 1.82 bits per heavy atom. The van der Waals surface area contributed by atoms with Crippen LogP contribution in [0.5, 0.6) is 0 Å². The molecule has 0 atom stereocenters. The predicted octanol–water partition coefficient (Wildman–Crippen LogP) is 4.39. The summed E-state index contributed by atoms with van der Waals surface area (Å²) in [6.45, 7) is 4.04. The minimum atomic E-state index is -0.239. The van der Waals surface area contributed by atoms with Crippen LogP contribution in [0.25, 0.3) is 11.0 Å². The summed E-state index contributed by atoms with van der Waals surface area (Å²) in [5.74, 6) is 0.890. The fourth-order valence-corrected chi connectivity index (χ4v) is 4.90. The van der Waals surface area contributed by atoms with Gasteiger partial charge in [0, 0.05) is 55.2 Å². The van der Waals surface area contributed by atoms with Crippen LogP contribution < -0.4 is 26.2 Å². The van der Waals surface area contributed by atoms with Crippen LogP contribution in [0, 0.1) is 0 Å². The first-order chi connectivity index (χ1) is 16.6. The average molecular weight is 525 g/mol. The highest BCUT2D eigenvalue weighted by Crippen LogP contribution is 2.26. The van der Waals surface area contributed by atoms with Crippen molar-refractivity contribution in [2.45, 2.75) is 38.1 Å². The highest BCUT2D eigenvalue weighted by Gasteiger charge is 2.17. The third kappa shape index (κ3) is 5.56. The van der Waals surface area contributed by atoms with Crippen LogP contribution in [-0.2, 0) is 0 Å². The number of aromatic nitrogens is 3. The minimum absolute atomic E-state index is 0.226. The molecule has 1 aromatic carbocycles. The van der Waals surface area contributed by atoms with Gasteiger partial charge in [0.25, 0.3) is 0 Å². The van der Waals surface area contributed by atoms with Crippen molar-refractivity contribution in [3.63, 3.8) is 0 Å². The van der Waals surface area contributed by atoms with E-state index < -0.39 is 0 Å². The number of hydrogen-bond acceptors (Lipinski definition) is 7. The van der Waals surface area contributed by atoms with E-state index in [0.717, 1.165) is 62.9 Å². The van der Waals surface area contributed by atoms with E-state index in [-0.39, 0.29) is 12.1 Å². The molecular weight excluding hydrogens is 496 g/mol. The minimum Gasteiger partial charge on any atom is -0.369 e. The van der Waals surface area contributed by atoms with Gasteiger partial charge in [-0.15, -0.1) is 0 Å². The van der Waals surface area contributed by atoms with Gasteiger partial charge < -0.3 is 20.9 Å². The highest BCUT2D eigenvalue weighted by atomic mass is 79.9. The molecule has 34 heavy (non-hydrogen) atoms. The van der Waals surface area contributed by atoms with Gasteiger partial charge in [-0.05, 0) is 59.1 Å². The smallest absolute Gasteiger partial charge is 0.320 e. The van der Waals surface area contributed by atoms with Gasteiger partial charge in [0.1, 0.15) is 0 Å². The molecule has 10 heteroatoms. The van der Waals surface area contributed by atoms with E-state index in [1.807, 2.05) is 18.2 Å². The summed E-state index contributed by atoms with van der Waals surface area (Å²) in [7, 11) is 0. The molecule has 0 unspecified atom stereocenters. The lowest BCUT2D eigenvalue weighted by Gasteiger charge is -2.29. The van der Waals surface area contributed by atoms with Gasteiger partial charge in [0.15, 0.2) is 11.5 Å². The SMILES string of the molecule is O=C(Nc1nc2nc(Nc3ccc(N4CCNCC4)cc3)ncc2cc1Br)NC1CCCCC1. The lowest BCUT2D eigenvalue weighted by molar-refractivity contribution is 0.244. The summed E-state index contributed by atoms with van der Waals surface area (Å²) in [5, 5.41) is 13.3. The van der Waals surface area contributed by atoms with E-state index >= 15 is 0 Å². The molecule has 2 aliphatic rings. The monoisotopic (exact) mass is 524 g/mol. The molecule has 1 aliphatic carbocycles. The van der Waals surface area contributed by atoms with Crippen LogP contribution in [0.1, 0.15) is 32.1 Å². The highest BCUT2D eigenvalue weighted by molar-refractivity contribution is 9.10. The zero-order valence-electron chi connectivity index (χ0n) is 19.0. The van der Waals surface area contributed by atoms with Gasteiger partial charge in [0.2, 0.25) is 5.95 Å². The van der Waals surface area contributed by atoms with Crippen LogP contribution >= 0.6 is 15.9 Å². The largest absolute Gasteiger partial charge is 0.369 e. The number of carbonyl (C=O) groups is 1. The molecule has 4 N–H and O–H groups in total. The first kappa shape index (κ1) is 22.8. The zero-order chi connectivity index (χ0) is 23.3. The Morgan fingerprint density at radius 3 is 2.59 bits per heavy atom. The molecule has 1 aliphatic heterocycles. The molecule has 2 fully saturated rings. The Kier molecular flexibility index (Phi) is 7.05. The third-order valence-corrected chi connectivity index (χ3v) is 6.90. The molecule has 5 rings (SSSR count). The first-order valence-corrected chi connectivity index (χ1v) is 12.7. The first-order valence-electron chi connectivity index (χ1n) is 11.9. The number of halogens is 1. The number of amides is 2. The van der Waals surface area contributed by atoms with Gasteiger partial charge in [-0.25, -0.2) is 14.8 Å². The molecule has 1 saturated carbocycles. The van der Waals surface area contributed by atoms with Crippen LogP contribution in [0.2, 0.25) is 0 Å². The number of nitrogens with one attached hydrogen (secondary N) is 4. The standard InChI is InChI=1S/C24H29BrN8O/c25-20-14-16-15-27-23(28-18-6-8-19(9-7-18)33-12-10-26-11-13-33)31-21(16)30-22(20)32-24(34)29-17-4-2-1-3-5-17/h6-9,14-15,17,26H,1-5,10-13H2,(H3,27,28,29,30,31,32,34). The van der Waals surface area contributed by atoms with Crippen LogP contribution in [-0.4, -0.2) is 53.2 Å². The van der Waals surface area contributed by atoms with Gasteiger partial charge in [-0.1, -0.05) is 19.3 Å². The maximum Gasteiger partial charge on any atom is 0.320 e. The number of nitrogens with zero attached hydrogens (tertiary/aromatic N) is 4. The van der Waals surface area contributed by atoms with Crippen LogP contribution in [0.15, 0.2) is 41.0 Å². The summed E-state index contributed by atoms with van der Waals surface area (Å²) in [6.07, 6.45) is 7.34. The van der Waals surface area contributed by atoms with Gasteiger partial charge in [-0.2, -0.15) is 4.98 Å². The second kappa shape index (κ2) is 10.5. The third-order valence-electron chi connectivity index (χ3n) is 6.30. The number of urea groups is 1. The van der Waals surface area contributed by atoms with Gasteiger partial charge in [-0.3, -0.25) is 5.32 Å². The second-order valence-corrected chi connectivity index (χ2v) is 9.62. The topological polar surface area (TPSA) is 107 Å². The molecule has 3 aromatic rings. The zero-order valence-corrected chi connectivity index (χ0v) is 20.6. The van der Waals surface area contributed by atoms with Crippen molar-refractivity contribution in [3.8, 4) is 0 Å². The fraction of sp³-hybridized carbons (Fsp3) is 0.417. The summed E-state index contributed by atoms with van der Waals surface area (Å²) in [4.78, 5) is 28.4. The maximum absolute atomic E-state index is 12.5. The van der Waals surface area contributed by atoms with E-state index in [9.17, 15) is 4.79 Å². The quantitative estimate of drug-likeness (QED) is 0.391. The van der Waals surface area contributed by atoms with Crippen molar-refractivity contribution in [2.75, 3.05) is 41.7 Å². The molecule has 1 saturated heterocycles. The van der Waals surface area contributed by atoms with E-state index in [1.54, 1.807) is 6.20 Å². The Labute approximate surface area is 207 Å². The van der Waals surface area contributed by atoms with E-state index in [4.69, 9.17) is 0 Å². The van der Waals surface area contributed by atoms with Crippen molar-refractivity contribution in [3.05, 3.63) is 41.0 Å². The lowest BCUT2D eigenvalue weighted by Crippen LogP contribution is -2.43. The number of hydrogen-bond donors (Lipinski definition) is 4. The number of pyridine rings is 1. The van der Waals surface area contributed by atoms with Crippen molar-refractivity contribution in [2.24, 2.45) is 0 Å². The van der Waals surface area contributed by atoms with Gasteiger partial charge >= 0.3 is 6.03 Å². The normalized spacial score (nSPS) is 16.9. The average Bonchev–Trinajstić information content (AvgIpc) is 2.86. The van der Waals surface area contributed by atoms with Crippen LogP contribution in [0.3, 0.4) is 0 Å². The molecule has 3 heterocycles. The van der Waals surface area contributed by atoms with Gasteiger partial charge in [0.05, 0.1) is 4.47 Å². The summed E-state index contributed by atoms with van der Waals surface area (Å²) in [5.41, 5.74) is 2.62. The summed E-state index contributed by atoms with van der Waals surface area (Å²) >= 11 is 3.50. The van der Waals surface area contributed by atoms with E-state index in [2.05, 4.69) is 69.2 Å². The van der Waals surface area contributed by atoms with Crippen molar-refractivity contribution >= 4 is 56.1 Å². The molecule has 0 radical (unpaired) electrons. The molecule has 0 spiro atoms. The number of anilines is 4. The number of benzene rings is 1. The Hall–Kier alpha value is -2.98. The van der Waals surface area contributed by atoms with Crippen molar-refractivity contribution < 1.29 is 4.79 Å². The predicted molar refractivity (Wildman–Crippen MR) is 139 cm³/mol. The number of rotatable bonds is 5. The van der Waals surface area contributed by atoms with Crippen molar-refractivity contribution in [1.29, 1.82) is 0 Å². The molecular formula is C24H29BrN8O. The molecule has 178 valence electrons.